The average Bonchev–Trinajstić information content (AvgIpc) is 2.69. The van der Waals surface area contributed by atoms with Crippen molar-refractivity contribution in [2.45, 2.75) is 32.7 Å². The van der Waals surface area contributed by atoms with Gasteiger partial charge in [0.05, 0.1) is 5.69 Å². The highest BCUT2D eigenvalue weighted by molar-refractivity contribution is 5.96. The van der Waals surface area contributed by atoms with Crippen LogP contribution in [0.4, 0.5) is 10.1 Å². The van der Waals surface area contributed by atoms with E-state index in [9.17, 15) is 14.0 Å². The van der Waals surface area contributed by atoms with E-state index >= 15 is 0 Å². The van der Waals surface area contributed by atoms with E-state index in [-0.39, 0.29) is 11.7 Å². The fraction of sp³-hybridized carbons (Fsp3) is 0.227. The van der Waals surface area contributed by atoms with Crippen LogP contribution in [0.1, 0.15) is 26.3 Å². The Morgan fingerprint density at radius 2 is 1.75 bits per heavy atom. The SMILES string of the molecule is CCc1ccccc1NC(=O)C(C)(C)n1nc(-c2ccc(F)cc2)ccc1=O. The molecule has 0 aliphatic rings. The van der Waals surface area contributed by atoms with Gasteiger partial charge in [0.25, 0.3) is 11.5 Å². The molecule has 3 rings (SSSR count). The number of para-hydroxylation sites is 1. The van der Waals surface area contributed by atoms with Crippen LogP contribution in [-0.4, -0.2) is 15.7 Å². The van der Waals surface area contributed by atoms with E-state index in [1.807, 2.05) is 31.2 Å². The molecule has 1 N–H and O–H groups in total. The number of nitrogens with one attached hydrogen (secondary N) is 1. The van der Waals surface area contributed by atoms with E-state index in [1.54, 1.807) is 32.0 Å². The van der Waals surface area contributed by atoms with E-state index in [0.717, 1.165) is 16.7 Å². The summed E-state index contributed by atoms with van der Waals surface area (Å²) in [5.74, 6) is -0.703. The normalized spacial score (nSPS) is 11.3. The zero-order chi connectivity index (χ0) is 20.3. The number of halogens is 1. The number of anilines is 1. The van der Waals surface area contributed by atoms with Gasteiger partial charge >= 0.3 is 0 Å². The maximum absolute atomic E-state index is 13.2. The summed E-state index contributed by atoms with van der Waals surface area (Å²) in [4.78, 5) is 25.4. The molecule has 0 saturated heterocycles. The van der Waals surface area contributed by atoms with Crippen LogP contribution in [0.2, 0.25) is 0 Å². The first kappa shape index (κ1) is 19.5. The zero-order valence-corrected chi connectivity index (χ0v) is 16.1. The number of carbonyl (C=O) groups excluding carboxylic acids is 1. The number of hydrogen-bond donors (Lipinski definition) is 1. The minimum Gasteiger partial charge on any atom is -0.324 e. The Balaban J connectivity index is 1.96. The van der Waals surface area contributed by atoms with Gasteiger partial charge in [-0.15, -0.1) is 0 Å². The van der Waals surface area contributed by atoms with Crippen molar-refractivity contribution >= 4 is 11.6 Å². The summed E-state index contributed by atoms with van der Waals surface area (Å²) in [6.07, 6.45) is 0.773. The Labute approximate surface area is 162 Å². The number of nitrogens with zero attached hydrogens (tertiary/aromatic N) is 2. The molecular formula is C22H22FN3O2. The van der Waals surface area contributed by atoms with Crippen LogP contribution in [-0.2, 0) is 16.8 Å². The molecule has 0 bridgehead atoms. The standard InChI is InChI=1S/C22H22FN3O2/c1-4-15-7-5-6-8-18(15)24-21(28)22(2,3)26-20(27)14-13-19(25-26)16-9-11-17(23)12-10-16/h5-14H,4H2,1-3H3,(H,24,28). The Morgan fingerprint density at radius 1 is 1.07 bits per heavy atom. The molecule has 0 saturated carbocycles. The summed E-state index contributed by atoms with van der Waals surface area (Å²) in [6.45, 7) is 5.29. The van der Waals surface area contributed by atoms with E-state index in [1.165, 1.54) is 18.2 Å². The van der Waals surface area contributed by atoms with Crippen molar-refractivity contribution in [2.24, 2.45) is 0 Å². The topological polar surface area (TPSA) is 64.0 Å². The molecule has 3 aromatic rings. The number of aryl methyl sites for hydroxylation is 1. The van der Waals surface area contributed by atoms with E-state index in [0.29, 0.717) is 16.9 Å². The molecule has 144 valence electrons. The molecule has 1 heterocycles. The van der Waals surface area contributed by atoms with Crippen LogP contribution in [0.5, 0.6) is 0 Å². The Morgan fingerprint density at radius 3 is 2.43 bits per heavy atom. The van der Waals surface area contributed by atoms with E-state index < -0.39 is 11.1 Å². The minimum absolute atomic E-state index is 0.348. The maximum atomic E-state index is 13.2. The van der Waals surface area contributed by atoms with Gasteiger partial charge in [-0.25, -0.2) is 9.07 Å². The quantitative estimate of drug-likeness (QED) is 0.729. The van der Waals surface area contributed by atoms with Gasteiger partial charge in [0, 0.05) is 17.3 Å². The Kier molecular flexibility index (Phi) is 5.40. The molecule has 0 aliphatic heterocycles. The van der Waals surface area contributed by atoms with Crippen LogP contribution >= 0.6 is 0 Å². The van der Waals surface area contributed by atoms with Crippen LogP contribution in [0.3, 0.4) is 0 Å². The van der Waals surface area contributed by atoms with Gasteiger partial charge in [0.2, 0.25) is 0 Å². The van der Waals surface area contributed by atoms with Crippen molar-refractivity contribution in [3.8, 4) is 11.3 Å². The van der Waals surface area contributed by atoms with E-state index in [2.05, 4.69) is 10.4 Å². The fourth-order valence-electron chi connectivity index (χ4n) is 2.91. The first-order chi connectivity index (χ1) is 13.3. The van der Waals surface area contributed by atoms with Gasteiger partial charge in [-0.1, -0.05) is 25.1 Å². The Bertz CT molecular complexity index is 1060. The summed E-state index contributed by atoms with van der Waals surface area (Å²) in [6, 6.07) is 16.3. The summed E-state index contributed by atoms with van der Waals surface area (Å²) in [7, 11) is 0. The van der Waals surface area contributed by atoms with Crippen LogP contribution in [0.25, 0.3) is 11.3 Å². The lowest BCUT2D eigenvalue weighted by molar-refractivity contribution is -0.123. The predicted octanol–water partition coefficient (Wildman–Crippen LogP) is 3.99. The summed E-state index contributed by atoms with van der Waals surface area (Å²) in [5.41, 5.74) is 1.23. The van der Waals surface area contributed by atoms with Gasteiger partial charge < -0.3 is 5.32 Å². The zero-order valence-electron chi connectivity index (χ0n) is 16.1. The predicted molar refractivity (Wildman–Crippen MR) is 108 cm³/mol. The van der Waals surface area contributed by atoms with Gasteiger partial charge in [-0.3, -0.25) is 9.59 Å². The number of hydrogen-bond acceptors (Lipinski definition) is 3. The van der Waals surface area contributed by atoms with Gasteiger partial charge in [-0.2, -0.15) is 5.10 Å². The molecule has 0 fully saturated rings. The van der Waals surface area contributed by atoms with Crippen LogP contribution in [0, 0.1) is 5.82 Å². The lowest BCUT2D eigenvalue weighted by atomic mass is 10.0. The fourth-order valence-corrected chi connectivity index (χ4v) is 2.91. The highest BCUT2D eigenvalue weighted by atomic mass is 19.1. The first-order valence-electron chi connectivity index (χ1n) is 9.09. The lowest BCUT2D eigenvalue weighted by Gasteiger charge is -2.26. The third-order valence-corrected chi connectivity index (χ3v) is 4.67. The van der Waals surface area contributed by atoms with Crippen molar-refractivity contribution < 1.29 is 9.18 Å². The molecule has 6 heteroatoms. The highest BCUT2D eigenvalue weighted by Crippen LogP contribution is 2.22. The van der Waals surface area contributed by atoms with Crippen molar-refractivity contribution in [3.05, 3.63) is 82.4 Å². The largest absolute Gasteiger partial charge is 0.324 e. The monoisotopic (exact) mass is 379 g/mol. The molecule has 28 heavy (non-hydrogen) atoms. The van der Waals surface area contributed by atoms with Crippen LogP contribution < -0.4 is 10.9 Å². The third-order valence-electron chi connectivity index (χ3n) is 4.67. The van der Waals surface area contributed by atoms with Crippen molar-refractivity contribution in [2.75, 3.05) is 5.32 Å². The number of benzene rings is 2. The third kappa shape index (κ3) is 3.86. The highest BCUT2D eigenvalue weighted by Gasteiger charge is 2.32. The van der Waals surface area contributed by atoms with Gasteiger partial charge in [-0.05, 0) is 62.2 Å². The Hall–Kier alpha value is -3.28. The van der Waals surface area contributed by atoms with Crippen molar-refractivity contribution in [3.63, 3.8) is 0 Å². The minimum atomic E-state index is -1.23. The molecule has 1 aromatic heterocycles. The summed E-state index contributed by atoms with van der Waals surface area (Å²) < 4.78 is 14.3. The lowest BCUT2D eigenvalue weighted by Crippen LogP contribution is -2.47. The molecule has 0 aliphatic carbocycles. The maximum Gasteiger partial charge on any atom is 0.267 e. The van der Waals surface area contributed by atoms with Crippen molar-refractivity contribution in [1.82, 2.24) is 9.78 Å². The molecule has 1 amide bonds. The number of carbonyl (C=O) groups is 1. The molecule has 0 atom stereocenters. The molecule has 0 spiro atoms. The number of rotatable bonds is 5. The molecule has 0 radical (unpaired) electrons. The summed E-state index contributed by atoms with van der Waals surface area (Å²) in [5, 5.41) is 7.28. The van der Waals surface area contributed by atoms with E-state index in [4.69, 9.17) is 0 Å². The molecule has 0 unspecified atom stereocenters. The second-order valence-electron chi connectivity index (χ2n) is 7.00. The second kappa shape index (κ2) is 7.76. The average molecular weight is 379 g/mol. The first-order valence-corrected chi connectivity index (χ1v) is 9.09. The number of aromatic nitrogens is 2. The molecule has 5 nitrogen and oxygen atoms in total. The van der Waals surface area contributed by atoms with Gasteiger partial charge in [0.15, 0.2) is 0 Å². The number of amides is 1. The van der Waals surface area contributed by atoms with Crippen molar-refractivity contribution in [1.29, 1.82) is 0 Å². The smallest absolute Gasteiger partial charge is 0.267 e. The van der Waals surface area contributed by atoms with Gasteiger partial charge in [0.1, 0.15) is 11.4 Å². The molecular weight excluding hydrogens is 357 g/mol. The van der Waals surface area contributed by atoms with Crippen LogP contribution in [0.15, 0.2) is 65.5 Å². The second-order valence-corrected chi connectivity index (χ2v) is 7.00. The summed E-state index contributed by atoms with van der Waals surface area (Å²) >= 11 is 0. The molecule has 2 aromatic carbocycles.